The number of aromatic nitrogens is 4. The number of carbonyl (C=O) groups is 2. The zero-order chi connectivity index (χ0) is 22.5. The molecule has 0 radical (unpaired) electrons. The van der Waals surface area contributed by atoms with E-state index in [0.717, 1.165) is 35.7 Å². The lowest BCUT2D eigenvalue weighted by atomic mass is 10.1. The summed E-state index contributed by atoms with van der Waals surface area (Å²) in [5.41, 5.74) is 2.84. The van der Waals surface area contributed by atoms with Crippen LogP contribution in [0.1, 0.15) is 46.1 Å². The van der Waals surface area contributed by atoms with E-state index < -0.39 is 5.97 Å². The Labute approximate surface area is 193 Å². The van der Waals surface area contributed by atoms with Gasteiger partial charge < -0.3 is 14.6 Å². The second-order valence-electron chi connectivity index (χ2n) is 6.78. The normalized spacial score (nSPS) is 11.0. The van der Waals surface area contributed by atoms with Crippen LogP contribution in [0.15, 0.2) is 10.5 Å². The molecule has 3 aromatic rings. The molecule has 3 heterocycles. The molecule has 0 saturated heterocycles. The standard InChI is InChI=1S/C20H25N5O3S3/c1-6-8-25-17(14-9-29-13(5)11(14)3)23-24-20(25)30-10-15(26)22-19-21-12(4)16(31-19)18(27)28-7-2/h9H,6-8,10H2,1-5H3,(H,21,22,26). The number of amides is 1. The van der Waals surface area contributed by atoms with Gasteiger partial charge in [0, 0.05) is 22.4 Å². The lowest BCUT2D eigenvalue weighted by Crippen LogP contribution is -2.14. The summed E-state index contributed by atoms with van der Waals surface area (Å²) in [4.78, 5) is 30.3. The van der Waals surface area contributed by atoms with Crippen LogP contribution >= 0.6 is 34.4 Å². The van der Waals surface area contributed by atoms with Crippen LogP contribution in [0.2, 0.25) is 0 Å². The van der Waals surface area contributed by atoms with E-state index in [9.17, 15) is 9.59 Å². The number of thioether (sulfide) groups is 1. The lowest BCUT2D eigenvalue weighted by molar-refractivity contribution is -0.113. The third-order valence-electron chi connectivity index (χ3n) is 4.53. The summed E-state index contributed by atoms with van der Waals surface area (Å²) in [5, 5.41) is 14.7. The Morgan fingerprint density at radius 3 is 2.65 bits per heavy atom. The van der Waals surface area contributed by atoms with E-state index in [1.165, 1.54) is 22.2 Å². The quantitative estimate of drug-likeness (QED) is 0.351. The molecule has 0 fully saturated rings. The fourth-order valence-corrected chi connectivity index (χ4v) is 5.38. The van der Waals surface area contributed by atoms with Gasteiger partial charge in [-0.2, -0.15) is 0 Å². The molecule has 1 amide bonds. The van der Waals surface area contributed by atoms with Gasteiger partial charge in [-0.05, 0) is 39.7 Å². The first-order valence-corrected chi connectivity index (χ1v) is 12.6. The fourth-order valence-electron chi connectivity index (χ4n) is 2.88. The van der Waals surface area contributed by atoms with E-state index >= 15 is 0 Å². The highest BCUT2D eigenvalue weighted by atomic mass is 32.2. The monoisotopic (exact) mass is 479 g/mol. The highest BCUT2D eigenvalue weighted by Crippen LogP contribution is 2.32. The van der Waals surface area contributed by atoms with Crippen molar-refractivity contribution in [2.24, 2.45) is 0 Å². The number of thiazole rings is 1. The van der Waals surface area contributed by atoms with Crippen molar-refractivity contribution in [2.75, 3.05) is 17.7 Å². The van der Waals surface area contributed by atoms with Gasteiger partial charge in [0.25, 0.3) is 0 Å². The van der Waals surface area contributed by atoms with Crippen LogP contribution in [-0.4, -0.2) is 44.0 Å². The summed E-state index contributed by atoms with van der Waals surface area (Å²) in [6.45, 7) is 10.8. The van der Waals surface area contributed by atoms with Crippen molar-refractivity contribution in [1.29, 1.82) is 0 Å². The molecule has 8 nitrogen and oxygen atoms in total. The largest absolute Gasteiger partial charge is 0.462 e. The Morgan fingerprint density at radius 2 is 2.00 bits per heavy atom. The van der Waals surface area contributed by atoms with Crippen molar-refractivity contribution in [1.82, 2.24) is 19.7 Å². The topological polar surface area (TPSA) is 99.0 Å². The maximum atomic E-state index is 12.5. The zero-order valence-corrected chi connectivity index (χ0v) is 20.6. The van der Waals surface area contributed by atoms with Gasteiger partial charge in [-0.1, -0.05) is 30.0 Å². The Hall–Kier alpha value is -2.24. The van der Waals surface area contributed by atoms with Crippen LogP contribution < -0.4 is 5.32 Å². The van der Waals surface area contributed by atoms with Gasteiger partial charge in [0.15, 0.2) is 16.1 Å². The van der Waals surface area contributed by atoms with Crippen molar-refractivity contribution in [2.45, 2.75) is 52.7 Å². The Kier molecular flexibility index (Phi) is 7.84. The molecule has 0 aliphatic carbocycles. The molecule has 166 valence electrons. The number of hydrogen-bond donors (Lipinski definition) is 1. The number of thiophene rings is 1. The number of nitrogens with one attached hydrogen (secondary N) is 1. The molecule has 0 atom stereocenters. The molecular weight excluding hydrogens is 454 g/mol. The predicted molar refractivity (Wildman–Crippen MR) is 125 cm³/mol. The molecule has 3 rings (SSSR count). The number of ether oxygens (including phenoxy) is 1. The molecule has 11 heteroatoms. The number of rotatable bonds is 9. The number of carbonyl (C=O) groups excluding carboxylic acids is 2. The van der Waals surface area contributed by atoms with Crippen LogP contribution in [0.25, 0.3) is 11.4 Å². The number of hydrogen-bond acceptors (Lipinski definition) is 9. The SMILES string of the molecule is CCCn1c(SCC(=O)Nc2nc(C)c(C(=O)OCC)s2)nnc1-c1csc(C)c1C. The van der Waals surface area contributed by atoms with Crippen molar-refractivity contribution in [3.63, 3.8) is 0 Å². The number of nitrogens with zero attached hydrogens (tertiary/aromatic N) is 4. The van der Waals surface area contributed by atoms with Crippen molar-refractivity contribution < 1.29 is 14.3 Å². The summed E-state index contributed by atoms with van der Waals surface area (Å²) in [5.74, 6) is 0.355. The molecule has 0 bridgehead atoms. The minimum absolute atomic E-state index is 0.164. The van der Waals surface area contributed by atoms with Gasteiger partial charge >= 0.3 is 5.97 Å². The van der Waals surface area contributed by atoms with Gasteiger partial charge in [-0.25, -0.2) is 9.78 Å². The Bertz CT molecular complexity index is 1090. The fraction of sp³-hybridized carbons (Fsp3) is 0.450. The molecule has 0 aliphatic rings. The summed E-state index contributed by atoms with van der Waals surface area (Å²) in [6, 6.07) is 0. The molecule has 0 aromatic carbocycles. The second-order valence-corrected chi connectivity index (χ2v) is 9.80. The average Bonchev–Trinajstić information content (AvgIpc) is 3.39. The summed E-state index contributed by atoms with van der Waals surface area (Å²) in [6.07, 6.45) is 0.933. The summed E-state index contributed by atoms with van der Waals surface area (Å²) in [7, 11) is 0. The van der Waals surface area contributed by atoms with Gasteiger partial charge in [0.2, 0.25) is 5.91 Å². The molecular formula is C20H25N5O3S3. The maximum absolute atomic E-state index is 12.5. The molecule has 0 unspecified atom stereocenters. The molecule has 0 saturated carbocycles. The third kappa shape index (κ3) is 5.34. The van der Waals surface area contributed by atoms with E-state index in [0.29, 0.717) is 27.5 Å². The van der Waals surface area contributed by atoms with Crippen LogP contribution in [0.5, 0.6) is 0 Å². The average molecular weight is 480 g/mol. The van der Waals surface area contributed by atoms with Crippen molar-refractivity contribution in [3.8, 4) is 11.4 Å². The molecule has 0 aliphatic heterocycles. The Morgan fingerprint density at radius 1 is 1.23 bits per heavy atom. The second kappa shape index (κ2) is 10.4. The van der Waals surface area contributed by atoms with E-state index in [4.69, 9.17) is 4.74 Å². The first-order chi connectivity index (χ1) is 14.8. The Balaban J connectivity index is 1.69. The van der Waals surface area contributed by atoms with Gasteiger partial charge in [-0.3, -0.25) is 4.79 Å². The smallest absolute Gasteiger partial charge is 0.350 e. The lowest BCUT2D eigenvalue weighted by Gasteiger charge is -2.08. The number of anilines is 1. The van der Waals surface area contributed by atoms with Crippen LogP contribution in [0.4, 0.5) is 5.13 Å². The third-order valence-corrected chi connectivity index (χ3v) is 7.56. The summed E-state index contributed by atoms with van der Waals surface area (Å²) < 4.78 is 7.08. The predicted octanol–water partition coefficient (Wildman–Crippen LogP) is 4.71. The van der Waals surface area contributed by atoms with Gasteiger partial charge in [0.1, 0.15) is 4.88 Å². The number of aryl methyl sites for hydroxylation is 2. The van der Waals surface area contributed by atoms with E-state index in [1.54, 1.807) is 25.2 Å². The maximum Gasteiger partial charge on any atom is 0.350 e. The minimum atomic E-state index is -0.425. The first kappa shape index (κ1) is 23.4. The van der Waals surface area contributed by atoms with Crippen molar-refractivity contribution >= 4 is 51.4 Å². The minimum Gasteiger partial charge on any atom is -0.462 e. The molecule has 0 spiro atoms. The number of esters is 1. The zero-order valence-electron chi connectivity index (χ0n) is 18.1. The highest BCUT2D eigenvalue weighted by Gasteiger charge is 2.20. The van der Waals surface area contributed by atoms with E-state index in [2.05, 4.69) is 51.2 Å². The van der Waals surface area contributed by atoms with Crippen molar-refractivity contribution in [3.05, 3.63) is 26.4 Å². The molecule has 1 N–H and O–H groups in total. The van der Waals surface area contributed by atoms with Crippen LogP contribution in [0, 0.1) is 20.8 Å². The van der Waals surface area contributed by atoms with Gasteiger partial charge in [-0.15, -0.1) is 21.5 Å². The van der Waals surface area contributed by atoms with Crippen LogP contribution in [-0.2, 0) is 16.1 Å². The summed E-state index contributed by atoms with van der Waals surface area (Å²) >= 11 is 4.15. The van der Waals surface area contributed by atoms with E-state index in [-0.39, 0.29) is 11.7 Å². The molecule has 31 heavy (non-hydrogen) atoms. The first-order valence-electron chi connectivity index (χ1n) is 9.91. The van der Waals surface area contributed by atoms with Gasteiger partial charge in [0.05, 0.1) is 18.1 Å². The van der Waals surface area contributed by atoms with Crippen LogP contribution in [0.3, 0.4) is 0 Å². The highest BCUT2D eigenvalue weighted by molar-refractivity contribution is 7.99. The molecule has 3 aromatic heterocycles. The van der Waals surface area contributed by atoms with E-state index in [1.807, 2.05) is 0 Å².